The highest BCUT2D eigenvalue weighted by Gasteiger charge is 2.11. The molecule has 0 saturated heterocycles. The van der Waals surface area contributed by atoms with Crippen molar-refractivity contribution < 1.29 is 14.6 Å². The second kappa shape index (κ2) is 29.0. The Morgan fingerprint density at radius 1 is 0.618 bits per heavy atom. The largest absolute Gasteiger partial charge is 0.464 e. The molecular weight excluding hydrogens is 440 g/mol. The molecule has 1 atom stereocenters. The summed E-state index contributed by atoms with van der Waals surface area (Å²) in [6.45, 7) is 4.50. The smallest absolute Gasteiger partial charge is 0.331 e. The molecule has 1 N–H and O–H groups in total. The van der Waals surface area contributed by atoms with Crippen molar-refractivity contribution >= 4 is 17.7 Å². The number of aliphatic hydroxyl groups is 1. The third kappa shape index (κ3) is 26.4. The van der Waals surface area contributed by atoms with Gasteiger partial charge in [0.25, 0.3) is 0 Å². The summed E-state index contributed by atoms with van der Waals surface area (Å²) in [5.41, 5.74) is 0. The fourth-order valence-corrected chi connectivity index (χ4v) is 5.84. The minimum Gasteiger partial charge on any atom is -0.464 e. The standard InChI is InChI=1S/C30H60O3S/c1-3-5-7-9-11-12-13-14-15-16-17-19-21-23-27-34-29(25-26-33-30(32)28-31)24-22-20-18-10-8-6-4-2/h29,31H,3-28H2,1-2H3. The van der Waals surface area contributed by atoms with Crippen molar-refractivity contribution in [2.24, 2.45) is 0 Å². The number of carbonyl (C=O) groups excluding carboxylic acids is 1. The fourth-order valence-electron chi connectivity index (χ4n) is 4.54. The second-order valence-corrected chi connectivity index (χ2v) is 11.6. The minimum atomic E-state index is -0.505. The monoisotopic (exact) mass is 500 g/mol. The molecule has 0 amide bonds. The van der Waals surface area contributed by atoms with Crippen molar-refractivity contribution in [2.45, 2.75) is 167 Å². The highest BCUT2D eigenvalue weighted by atomic mass is 32.2. The van der Waals surface area contributed by atoms with Gasteiger partial charge in [-0.3, -0.25) is 0 Å². The highest BCUT2D eigenvalue weighted by Crippen LogP contribution is 2.24. The zero-order chi connectivity index (χ0) is 25.0. The van der Waals surface area contributed by atoms with Crippen LogP contribution in [0.1, 0.15) is 162 Å². The molecule has 0 saturated carbocycles. The Bertz CT molecular complexity index is 403. The molecule has 0 aromatic rings. The van der Waals surface area contributed by atoms with E-state index in [9.17, 15) is 4.79 Å². The molecule has 34 heavy (non-hydrogen) atoms. The van der Waals surface area contributed by atoms with Gasteiger partial charge in [0.1, 0.15) is 6.61 Å². The van der Waals surface area contributed by atoms with Crippen LogP contribution in [-0.2, 0) is 9.53 Å². The Balaban J connectivity index is 3.68. The molecule has 0 rings (SSSR count). The predicted octanol–water partition coefficient (Wildman–Crippen LogP) is 9.64. The van der Waals surface area contributed by atoms with Crippen LogP contribution in [0.25, 0.3) is 0 Å². The van der Waals surface area contributed by atoms with Gasteiger partial charge < -0.3 is 9.84 Å². The molecule has 0 aliphatic heterocycles. The highest BCUT2D eigenvalue weighted by molar-refractivity contribution is 7.99. The molecule has 3 nitrogen and oxygen atoms in total. The Kier molecular flexibility index (Phi) is 28.8. The van der Waals surface area contributed by atoms with Gasteiger partial charge in [0.05, 0.1) is 6.61 Å². The number of aliphatic hydroxyl groups excluding tert-OH is 1. The van der Waals surface area contributed by atoms with E-state index < -0.39 is 12.6 Å². The first kappa shape index (κ1) is 33.8. The first-order valence-electron chi connectivity index (χ1n) is 15.1. The van der Waals surface area contributed by atoms with Crippen LogP contribution in [0, 0.1) is 0 Å². The summed E-state index contributed by atoms with van der Waals surface area (Å²) >= 11 is 2.08. The van der Waals surface area contributed by atoms with Crippen LogP contribution in [0.3, 0.4) is 0 Å². The summed E-state index contributed by atoms with van der Waals surface area (Å²) in [6, 6.07) is 0. The number of hydrogen-bond donors (Lipinski definition) is 1. The molecule has 0 bridgehead atoms. The van der Waals surface area contributed by atoms with E-state index in [1.807, 2.05) is 0 Å². The summed E-state index contributed by atoms with van der Waals surface area (Å²) < 4.78 is 5.12. The van der Waals surface area contributed by atoms with E-state index in [-0.39, 0.29) is 0 Å². The van der Waals surface area contributed by atoms with E-state index in [1.54, 1.807) is 0 Å². The number of rotatable bonds is 28. The van der Waals surface area contributed by atoms with E-state index >= 15 is 0 Å². The summed E-state index contributed by atoms with van der Waals surface area (Å²) in [6.07, 6.45) is 31.3. The molecule has 0 spiro atoms. The Morgan fingerprint density at radius 3 is 1.47 bits per heavy atom. The summed E-state index contributed by atoms with van der Waals surface area (Å²) in [4.78, 5) is 11.2. The molecule has 0 aromatic heterocycles. The van der Waals surface area contributed by atoms with Crippen LogP contribution >= 0.6 is 11.8 Å². The number of unbranched alkanes of at least 4 members (excludes halogenated alkanes) is 19. The van der Waals surface area contributed by atoms with Gasteiger partial charge in [0.2, 0.25) is 0 Å². The first-order chi connectivity index (χ1) is 16.7. The Hall–Kier alpha value is -0.220. The zero-order valence-corrected chi connectivity index (χ0v) is 24.0. The molecule has 0 heterocycles. The van der Waals surface area contributed by atoms with E-state index in [0.29, 0.717) is 11.9 Å². The maximum absolute atomic E-state index is 11.2. The van der Waals surface area contributed by atoms with Gasteiger partial charge in [0.15, 0.2) is 0 Å². The molecule has 0 aliphatic carbocycles. The third-order valence-electron chi connectivity index (χ3n) is 6.81. The van der Waals surface area contributed by atoms with E-state index in [1.165, 1.54) is 147 Å². The van der Waals surface area contributed by atoms with Crippen molar-refractivity contribution in [2.75, 3.05) is 19.0 Å². The molecule has 204 valence electrons. The lowest BCUT2D eigenvalue weighted by molar-refractivity contribution is -0.146. The van der Waals surface area contributed by atoms with Gasteiger partial charge in [0, 0.05) is 5.25 Å². The first-order valence-corrected chi connectivity index (χ1v) is 16.2. The molecule has 0 radical (unpaired) electrons. The normalized spacial score (nSPS) is 12.2. The van der Waals surface area contributed by atoms with Gasteiger partial charge in [-0.05, 0) is 25.0 Å². The number of hydrogen-bond acceptors (Lipinski definition) is 4. The summed E-state index contributed by atoms with van der Waals surface area (Å²) in [7, 11) is 0. The van der Waals surface area contributed by atoms with Gasteiger partial charge in [-0.15, -0.1) is 0 Å². The average Bonchev–Trinajstić information content (AvgIpc) is 2.85. The van der Waals surface area contributed by atoms with Crippen molar-refractivity contribution in [3.8, 4) is 0 Å². The van der Waals surface area contributed by atoms with Crippen LogP contribution in [0.2, 0.25) is 0 Å². The van der Waals surface area contributed by atoms with Gasteiger partial charge in [-0.1, -0.05) is 142 Å². The van der Waals surface area contributed by atoms with Gasteiger partial charge in [-0.2, -0.15) is 11.8 Å². The van der Waals surface area contributed by atoms with Crippen molar-refractivity contribution in [3.05, 3.63) is 0 Å². The van der Waals surface area contributed by atoms with Crippen LogP contribution in [0.4, 0.5) is 0 Å². The van der Waals surface area contributed by atoms with Gasteiger partial charge in [-0.25, -0.2) is 4.79 Å². The SMILES string of the molecule is CCCCCCCCCCCCCCCCSC(CCCCCCCCC)CCOC(=O)CO. The number of carbonyl (C=O) groups is 1. The van der Waals surface area contributed by atoms with Crippen molar-refractivity contribution in [1.29, 1.82) is 0 Å². The molecule has 4 heteroatoms. The van der Waals surface area contributed by atoms with E-state index in [0.717, 1.165) is 6.42 Å². The number of ether oxygens (including phenoxy) is 1. The van der Waals surface area contributed by atoms with Crippen LogP contribution in [0.15, 0.2) is 0 Å². The summed E-state index contributed by atoms with van der Waals surface area (Å²) in [5.74, 6) is 0.735. The fraction of sp³-hybridized carbons (Fsp3) is 0.967. The van der Waals surface area contributed by atoms with E-state index in [2.05, 4.69) is 25.6 Å². The molecule has 0 aliphatic rings. The Morgan fingerprint density at radius 2 is 1.03 bits per heavy atom. The van der Waals surface area contributed by atoms with E-state index in [4.69, 9.17) is 9.84 Å². The molecule has 1 unspecified atom stereocenters. The molecule has 0 aromatic carbocycles. The number of thioether (sulfide) groups is 1. The minimum absolute atomic E-state index is 0.451. The maximum Gasteiger partial charge on any atom is 0.331 e. The predicted molar refractivity (Wildman–Crippen MR) is 152 cm³/mol. The quantitative estimate of drug-likeness (QED) is 0.0857. The Labute approximate surface area is 218 Å². The average molecular weight is 501 g/mol. The van der Waals surface area contributed by atoms with Gasteiger partial charge >= 0.3 is 5.97 Å². The maximum atomic E-state index is 11.2. The zero-order valence-electron chi connectivity index (χ0n) is 23.1. The molecular formula is C30H60O3S. The third-order valence-corrected chi connectivity index (χ3v) is 8.28. The second-order valence-electron chi connectivity index (χ2n) is 10.2. The van der Waals surface area contributed by atoms with Crippen LogP contribution < -0.4 is 0 Å². The lowest BCUT2D eigenvalue weighted by atomic mass is 10.0. The lowest BCUT2D eigenvalue weighted by Gasteiger charge is -2.16. The molecule has 0 fully saturated rings. The van der Waals surface area contributed by atoms with Crippen molar-refractivity contribution in [1.82, 2.24) is 0 Å². The van der Waals surface area contributed by atoms with Crippen LogP contribution in [-0.4, -0.2) is 35.3 Å². The topological polar surface area (TPSA) is 46.5 Å². The number of esters is 1. The van der Waals surface area contributed by atoms with Crippen molar-refractivity contribution in [3.63, 3.8) is 0 Å². The van der Waals surface area contributed by atoms with Crippen LogP contribution in [0.5, 0.6) is 0 Å². The summed E-state index contributed by atoms with van der Waals surface area (Å²) in [5, 5.41) is 9.42. The lowest BCUT2D eigenvalue weighted by Crippen LogP contribution is -2.14.